The maximum atomic E-state index is 2.86. The monoisotopic (exact) mass is 254 g/mol. The van der Waals surface area contributed by atoms with Crippen LogP contribution in [0.3, 0.4) is 0 Å². The Labute approximate surface area is 100 Å². The van der Waals surface area contributed by atoms with Gasteiger partial charge in [0.25, 0.3) is 0 Å². The average Bonchev–Trinajstić information content (AvgIpc) is 1.72. The van der Waals surface area contributed by atoms with Gasteiger partial charge >= 0.3 is 0 Å². The normalized spacial score (nSPS) is 6.00. The van der Waals surface area contributed by atoms with Crippen LogP contribution < -0.4 is 0 Å². The van der Waals surface area contributed by atoms with E-state index in [1.54, 1.807) is 0 Å². The topological polar surface area (TPSA) is 0 Å². The molecule has 0 spiro atoms. The minimum atomic E-state index is 0. The van der Waals surface area contributed by atoms with Crippen molar-refractivity contribution in [1.29, 1.82) is 0 Å². The molecule has 0 nitrogen and oxygen atoms in total. The van der Waals surface area contributed by atoms with Gasteiger partial charge in [-0.2, -0.15) is 0 Å². The molecule has 0 aromatic heterocycles. The van der Waals surface area contributed by atoms with Crippen molar-refractivity contribution in [2.24, 2.45) is 0 Å². The van der Waals surface area contributed by atoms with Crippen molar-refractivity contribution >= 4 is 0 Å². The second kappa shape index (κ2) is 8.43. The summed E-state index contributed by atoms with van der Waals surface area (Å²) in [6.07, 6.45) is 0. The standard InChI is InChI=1S/C6H4.2Y/c1-2-4-6-5-3-1;;/h1-2,5-6H;;/q-2;;. The molecule has 0 aliphatic carbocycles. The molecular weight excluding hydrogens is 250 g/mol. The van der Waals surface area contributed by atoms with Gasteiger partial charge in [0.1, 0.15) is 0 Å². The Morgan fingerprint density at radius 1 is 0.625 bits per heavy atom. The SMILES string of the molecule is [Y].[Y].[c-]1cc[c-]cc1. The van der Waals surface area contributed by atoms with Gasteiger partial charge in [0, 0.05) is 65.4 Å². The van der Waals surface area contributed by atoms with Crippen molar-refractivity contribution in [1.82, 2.24) is 0 Å². The van der Waals surface area contributed by atoms with Crippen LogP contribution in [-0.4, -0.2) is 0 Å². The van der Waals surface area contributed by atoms with Gasteiger partial charge < -0.3 is 12.1 Å². The maximum Gasteiger partial charge on any atom is 0 e. The van der Waals surface area contributed by atoms with E-state index in [1.165, 1.54) is 0 Å². The van der Waals surface area contributed by atoms with Crippen molar-refractivity contribution < 1.29 is 65.4 Å². The van der Waals surface area contributed by atoms with E-state index in [4.69, 9.17) is 0 Å². The summed E-state index contributed by atoms with van der Waals surface area (Å²) < 4.78 is 0. The molecular formula is C6H4Y2-2. The van der Waals surface area contributed by atoms with Crippen LogP contribution in [0.2, 0.25) is 0 Å². The van der Waals surface area contributed by atoms with Gasteiger partial charge in [0.2, 0.25) is 0 Å². The molecule has 0 aliphatic heterocycles. The molecule has 0 bridgehead atoms. The van der Waals surface area contributed by atoms with Gasteiger partial charge in [0.05, 0.1) is 0 Å². The average molecular weight is 254 g/mol. The van der Waals surface area contributed by atoms with Crippen molar-refractivity contribution in [3.63, 3.8) is 0 Å². The predicted octanol–water partition coefficient (Wildman–Crippen LogP) is 1.28. The van der Waals surface area contributed by atoms with Crippen molar-refractivity contribution in [2.45, 2.75) is 0 Å². The van der Waals surface area contributed by atoms with Crippen molar-refractivity contribution in [3.05, 3.63) is 36.4 Å². The molecule has 0 saturated heterocycles. The van der Waals surface area contributed by atoms with E-state index in [-0.39, 0.29) is 65.4 Å². The van der Waals surface area contributed by atoms with E-state index in [1.807, 2.05) is 24.3 Å². The molecule has 0 aliphatic rings. The first-order chi connectivity index (χ1) is 3.00. The Balaban J connectivity index is 0. The summed E-state index contributed by atoms with van der Waals surface area (Å²) >= 11 is 0. The van der Waals surface area contributed by atoms with Gasteiger partial charge in [-0.25, -0.2) is 0 Å². The largest absolute Gasteiger partial charge is 0.319 e. The first-order valence-electron chi connectivity index (χ1n) is 1.82. The smallest absolute Gasteiger partial charge is 0 e. The first kappa shape index (κ1) is 12.1. The third-order valence-corrected chi connectivity index (χ3v) is 0.552. The molecule has 0 amide bonds. The van der Waals surface area contributed by atoms with Crippen molar-refractivity contribution in [2.75, 3.05) is 0 Å². The van der Waals surface area contributed by atoms with Crippen LogP contribution >= 0.6 is 0 Å². The third kappa shape index (κ3) is 5.56. The van der Waals surface area contributed by atoms with E-state index in [0.717, 1.165) is 0 Å². The van der Waals surface area contributed by atoms with Crippen LogP contribution in [0.1, 0.15) is 0 Å². The Bertz CT molecular complexity index is 78.5. The summed E-state index contributed by atoms with van der Waals surface area (Å²) in [6.45, 7) is 0. The van der Waals surface area contributed by atoms with Crippen LogP contribution in [0.5, 0.6) is 0 Å². The predicted molar refractivity (Wildman–Crippen MR) is 24.1 cm³/mol. The molecule has 2 radical (unpaired) electrons. The van der Waals surface area contributed by atoms with E-state index < -0.39 is 0 Å². The Morgan fingerprint density at radius 2 is 0.875 bits per heavy atom. The minimum absolute atomic E-state index is 0. The summed E-state index contributed by atoms with van der Waals surface area (Å²) in [6, 6.07) is 13.0. The van der Waals surface area contributed by atoms with Crippen molar-refractivity contribution in [3.8, 4) is 0 Å². The Morgan fingerprint density at radius 3 is 1.00 bits per heavy atom. The number of hydrogen-bond donors (Lipinski definition) is 0. The van der Waals surface area contributed by atoms with Gasteiger partial charge in [0.15, 0.2) is 0 Å². The van der Waals surface area contributed by atoms with E-state index in [2.05, 4.69) is 12.1 Å². The summed E-state index contributed by atoms with van der Waals surface area (Å²) in [5.74, 6) is 0. The zero-order valence-electron chi connectivity index (χ0n) is 4.46. The van der Waals surface area contributed by atoms with E-state index >= 15 is 0 Å². The quantitative estimate of drug-likeness (QED) is 0.612. The van der Waals surface area contributed by atoms with Crippen LogP contribution in [0, 0.1) is 12.1 Å². The molecule has 8 heavy (non-hydrogen) atoms. The molecule has 0 N–H and O–H groups in total. The van der Waals surface area contributed by atoms with Crippen LogP contribution in [-0.2, 0) is 65.4 Å². The third-order valence-electron chi connectivity index (χ3n) is 0.552. The van der Waals surface area contributed by atoms with Gasteiger partial charge in [-0.15, -0.1) is 0 Å². The van der Waals surface area contributed by atoms with Crippen LogP contribution in [0.15, 0.2) is 24.3 Å². The molecule has 0 saturated carbocycles. The molecule has 1 rings (SSSR count). The number of benzene rings is 1. The van der Waals surface area contributed by atoms with Gasteiger partial charge in [-0.1, -0.05) is 0 Å². The molecule has 0 fully saturated rings. The number of hydrogen-bond acceptors (Lipinski definition) is 0. The Hall–Kier alpha value is 1.43. The zero-order valence-corrected chi connectivity index (χ0v) is 10.1. The Kier molecular flexibility index (Phi) is 12.8. The summed E-state index contributed by atoms with van der Waals surface area (Å²) in [7, 11) is 0. The van der Waals surface area contributed by atoms with Crippen LogP contribution in [0.4, 0.5) is 0 Å². The second-order valence-corrected chi connectivity index (χ2v) is 1.00. The van der Waals surface area contributed by atoms with E-state index in [0.29, 0.717) is 0 Å². The zero-order chi connectivity index (χ0) is 4.24. The molecule has 1 aromatic carbocycles. The first-order valence-corrected chi connectivity index (χ1v) is 1.82. The van der Waals surface area contributed by atoms with E-state index in [9.17, 15) is 0 Å². The van der Waals surface area contributed by atoms with Crippen LogP contribution in [0.25, 0.3) is 0 Å². The summed E-state index contributed by atoms with van der Waals surface area (Å²) in [4.78, 5) is 0. The fourth-order valence-electron chi connectivity index (χ4n) is 0.304. The summed E-state index contributed by atoms with van der Waals surface area (Å²) in [5, 5.41) is 0. The number of rotatable bonds is 0. The molecule has 1 aromatic rings. The fraction of sp³-hybridized carbons (Fsp3) is 0. The summed E-state index contributed by atoms with van der Waals surface area (Å²) in [5.41, 5.74) is 0. The minimum Gasteiger partial charge on any atom is -0.319 e. The second-order valence-electron chi connectivity index (χ2n) is 1.00. The molecule has 0 heterocycles. The fourth-order valence-corrected chi connectivity index (χ4v) is 0.304. The molecule has 36 valence electrons. The maximum absolute atomic E-state index is 2.86. The van der Waals surface area contributed by atoms with Gasteiger partial charge in [-0.05, 0) is 0 Å². The van der Waals surface area contributed by atoms with Gasteiger partial charge in [-0.3, -0.25) is 24.3 Å². The molecule has 2 heteroatoms. The molecule has 0 unspecified atom stereocenters. The molecule has 0 atom stereocenters.